The number of nitrogen functional groups attached to an aromatic ring is 1. The summed E-state index contributed by atoms with van der Waals surface area (Å²) in [6.45, 7) is 0.364. The van der Waals surface area contributed by atoms with E-state index < -0.39 is 0 Å². The third kappa shape index (κ3) is 3.45. The molecule has 1 fully saturated rings. The van der Waals surface area contributed by atoms with Crippen LogP contribution in [0.2, 0.25) is 0 Å². The van der Waals surface area contributed by atoms with Crippen molar-refractivity contribution >= 4 is 23.1 Å². The van der Waals surface area contributed by atoms with Gasteiger partial charge < -0.3 is 16.2 Å². The van der Waals surface area contributed by atoms with E-state index in [1.165, 1.54) is 11.8 Å². The maximum Gasteiger partial charge on any atom is 0.149 e. The Labute approximate surface area is 179 Å². The number of hydrogen-bond donors (Lipinski definition) is 2. The molecule has 0 aliphatic heterocycles. The summed E-state index contributed by atoms with van der Waals surface area (Å²) in [6.07, 6.45) is 7.65. The number of anilines is 1. The molecule has 0 amide bonds. The van der Waals surface area contributed by atoms with Crippen molar-refractivity contribution in [1.82, 2.24) is 9.38 Å². The summed E-state index contributed by atoms with van der Waals surface area (Å²) >= 11 is 1.47. The molecule has 4 N–H and O–H groups in total. The van der Waals surface area contributed by atoms with Gasteiger partial charge in [-0.1, -0.05) is 12.8 Å². The van der Waals surface area contributed by atoms with Crippen LogP contribution in [-0.2, 0) is 0 Å². The predicted octanol–water partition coefficient (Wildman–Crippen LogP) is 3.70. The molecule has 2 heterocycles. The molecule has 0 bridgehead atoms. The molecule has 1 aliphatic rings. The van der Waals surface area contributed by atoms with Gasteiger partial charge in [-0.15, -0.1) is 11.8 Å². The summed E-state index contributed by atoms with van der Waals surface area (Å²) in [5.41, 5.74) is 15.4. The molecule has 1 aliphatic carbocycles. The van der Waals surface area contributed by atoms with Crippen molar-refractivity contribution in [3.05, 3.63) is 41.7 Å². The Kier molecular flexibility index (Phi) is 5.29. The van der Waals surface area contributed by atoms with Gasteiger partial charge in [0.2, 0.25) is 0 Å². The molecule has 3 aromatic rings. The third-order valence-electron chi connectivity index (χ3n) is 5.61. The summed E-state index contributed by atoms with van der Waals surface area (Å²) < 4.78 is 7.84. The molecular weight excluding hydrogens is 396 g/mol. The summed E-state index contributed by atoms with van der Waals surface area (Å²) in [6, 6.07) is 11.6. The number of hydrogen-bond acceptors (Lipinski definition) is 7. The van der Waals surface area contributed by atoms with Gasteiger partial charge in [-0.2, -0.15) is 10.5 Å². The fourth-order valence-electron chi connectivity index (χ4n) is 3.98. The largest absolute Gasteiger partial charge is 0.490 e. The van der Waals surface area contributed by atoms with Gasteiger partial charge in [0.05, 0.1) is 23.1 Å². The lowest BCUT2D eigenvalue weighted by molar-refractivity contribution is 0.219. The standard InChI is InChI=1S/C22H22N6OS/c1-30-20-9-14(18-12-27-21-5-4-16(25)17(11-24)28(18)21)8-19(15(20)10-23)29-13-22(26)6-2-3-7-22/h4-5,8-9,12H,2-3,6-7,13,25-26H2,1H3. The summed E-state index contributed by atoms with van der Waals surface area (Å²) in [4.78, 5) is 5.21. The highest BCUT2D eigenvalue weighted by Gasteiger charge is 2.30. The number of pyridine rings is 1. The van der Waals surface area contributed by atoms with Crippen LogP contribution in [-0.4, -0.2) is 27.8 Å². The first-order chi connectivity index (χ1) is 14.5. The zero-order chi connectivity index (χ0) is 21.3. The Balaban J connectivity index is 1.84. The molecule has 8 heteroatoms. The molecule has 30 heavy (non-hydrogen) atoms. The second-order valence-electron chi connectivity index (χ2n) is 7.61. The summed E-state index contributed by atoms with van der Waals surface area (Å²) in [7, 11) is 0. The molecule has 2 aromatic heterocycles. The number of aromatic nitrogens is 2. The number of ether oxygens (including phenoxy) is 1. The Morgan fingerprint density at radius 2 is 2.00 bits per heavy atom. The van der Waals surface area contributed by atoms with E-state index in [-0.39, 0.29) is 5.54 Å². The fraction of sp³-hybridized carbons (Fsp3) is 0.318. The van der Waals surface area contributed by atoms with Crippen molar-refractivity contribution in [3.63, 3.8) is 0 Å². The molecule has 0 spiro atoms. The van der Waals surface area contributed by atoms with E-state index in [1.807, 2.05) is 18.4 Å². The highest BCUT2D eigenvalue weighted by molar-refractivity contribution is 7.98. The molecule has 1 aromatic carbocycles. The Morgan fingerprint density at radius 1 is 1.23 bits per heavy atom. The summed E-state index contributed by atoms with van der Waals surface area (Å²) in [5, 5.41) is 19.4. The number of benzene rings is 1. The summed E-state index contributed by atoms with van der Waals surface area (Å²) in [5.74, 6) is 0.494. The van der Waals surface area contributed by atoms with Gasteiger partial charge in [0, 0.05) is 10.5 Å². The van der Waals surface area contributed by atoms with Crippen molar-refractivity contribution in [2.24, 2.45) is 5.73 Å². The minimum Gasteiger partial charge on any atom is -0.490 e. The molecule has 1 saturated carbocycles. The predicted molar refractivity (Wildman–Crippen MR) is 117 cm³/mol. The molecule has 0 atom stereocenters. The van der Waals surface area contributed by atoms with Crippen molar-refractivity contribution in [2.75, 3.05) is 18.6 Å². The molecule has 4 rings (SSSR count). The topological polar surface area (TPSA) is 126 Å². The van der Waals surface area contributed by atoms with Crippen LogP contribution >= 0.6 is 11.8 Å². The zero-order valence-electron chi connectivity index (χ0n) is 16.7. The van der Waals surface area contributed by atoms with Crippen molar-refractivity contribution in [3.8, 4) is 29.1 Å². The number of nitriles is 2. The van der Waals surface area contributed by atoms with Gasteiger partial charge in [-0.25, -0.2) is 4.98 Å². The quantitative estimate of drug-likeness (QED) is 0.605. The lowest BCUT2D eigenvalue weighted by Gasteiger charge is -2.24. The monoisotopic (exact) mass is 418 g/mol. The maximum absolute atomic E-state index is 9.75. The number of fused-ring (bicyclic) bond motifs is 1. The Morgan fingerprint density at radius 3 is 2.67 bits per heavy atom. The first-order valence-corrected chi connectivity index (χ1v) is 10.9. The van der Waals surface area contributed by atoms with E-state index in [0.29, 0.717) is 40.6 Å². The van der Waals surface area contributed by atoms with Crippen LogP contribution in [0.1, 0.15) is 36.9 Å². The molecule has 0 saturated heterocycles. The number of rotatable bonds is 5. The van der Waals surface area contributed by atoms with Crippen molar-refractivity contribution in [2.45, 2.75) is 36.1 Å². The molecule has 0 radical (unpaired) electrons. The smallest absolute Gasteiger partial charge is 0.149 e. The third-order valence-corrected chi connectivity index (χ3v) is 6.37. The average molecular weight is 419 g/mol. The number of nitrogens with two attached hydrogens (primary N) is 2. The molecular formula is C22H22N6OS. The lowest BCUT2D eigenvalue weighted by Crippen LogP contribution is -2.42. The maximum atomic E-state index is 9.75. The molecule has 7 nitrogen and oxygen atoms in total. The highest BCUT2D eigenvalue weighted by Crippen LogP contribution is 2.37. The van der Waals surface area contributed by atoms with E-state index in [0.717, 1.165) is 36.1 Å². The van der Waals surface area contributed by atoms with E-state index in [4.69, 9.17) is 16.2 Å². The number of thioether (sulfide) groups is 1. The second kappa shape index (κ2) is 7.91. The first-order valence-electron chi connectivity index (χ1n) is 9.70. The van der Waals surface area contributed by atoms with Crippen LogP contribution in [0.15, 0.2) is 35.4 Å². The van der Waals surface area contributed by atoms with Crippen LogP contribution in [0.5, 0.6) is 5.75 Å². The van der Waals surface area contributed by atoms with Crippen LogP contribution in [0.3, 0.4) is 0 Å². The zero-order valence-corrected chi connectivity index (χ0v) is 17.5. The molecule has 0 unspecified atom stereocenters. The van der Waals surface area contributed by atoms with Gasteiger partial charge in [-0.3, -0.25) is 4.40 Å². The normalized spacial score (nSPS) is 15.1. The minimum atomic E-state index is -0.353. The SMILES string of the molecule is CSc1cc(-c2cnc3ccc(N)c(C#N)n23)cc(OCC2(N)CCCC2)c1C#N. The first kappa shape index (κ1) is 20.1. The van der Waals surface area contributed by atoms with Crippen LogP contribution in [0, 0.1) is 22.7 Å². The van der Waals surface area contributed by atoms with Crippen molar-refractivity contribution in [1.29, 1.82) is 10.5 Å². The lowest BCUT2D eigenvalue weighted by atomic mass is 10.0. The van der Waals surface area contributed by atoms with Gasteiger partial charge in [-0.05, 0) is 43.4 Å². The van der Waals surface area contributed by atoms with Crippen LogP contribution in [0.4, 0.5) is 5.69 Å². The highest BCUT2D eigenvalue weighted by atomic mass is 32.2. The Hall–Kier alpha value is -3.20. The average Bonchev–Trinajstić information content (AvgIpc) is 3.38. The van der Waals surface area contributed by atoms with Gasteiger partial charge in [0.25, 0.3) is 0 Å². The fourth-order valence-corrected chi connectivity index (χ4v) is 4.57. The van der Waals surface area contributed by atoms with Crippen molar-refractivity contribution < 1.29 is 4.74 Å². The van der Waals surface area contributed by atoms with E-state index in [9.17, 15) is 10.5 Å². The van der Waals surface area contributed by atoms with E-state index >= 15 is 0 Å². The number of imidazole rings is 1. The molecule has 152 valence electrons. The van der Waals surface area contributed by atoms with Crippen LogP contribution < -0.4 is 16.2 Å². The van der Waals surface area contributed by atoms with E-state index in [1.54, 1.807) is 22.7 Å². The second-order valence-corrected chi connectivity index (χ2v) is 8.46. The minimum absolute atomic E-state index is 0.324. The Bertz CT molecular complexity index is 1200. The van der Waals surface area contributed by atoms with Crippen LogP contribution in [0.25, 0.3) is 16.9 Å². The van der Waals surface area contributed by atoms with Gasteiger partial charge in [0.1, 0.15) is 41.4 Å². The number of nitrogens with zero attached hydrogens (tertiary/aromatic N) is 4. The van der Waals surface area contributed by atoms with Gasteiger partial charge in [0.15, 0.2) is 0 Å². The van der Waals surface area contributed by atoms with E-state index in [2.05, 4.69) is 17.1 Å². The van der Waals surface area contributed by atoms with Gasteiger partial charge >= 0.3 is 0 Å².